The molecule has 1 aliphatic heterocycles. The molecule has 0 radical (unpaired) electrons. The van der Waals surface area contributed by atoms with Crippen molar-refractivity contribution in [2.75, 3.05) is 23.8 Å². The maximum atomic E-state index is 12.3. The molecule has 0 fully saturated rings. The number of halogens is 2. The summed E-state index contributed by atoms with van der Waals surface area (Å²) in [5.74, 6) is -0.170. The van der Waals surface area contributed by atoms with Crippen LogP contribution < -0.4 is 9.04 Å². The lowest BCUT2D eigenvalue weighted by Gasteiger charge is -2.21. The Labute approximate surface area is 174 Å². The van der Waals surface area contributed by atoms with Crippen LogP contribution in [0.2, 0.25) is 10.0 Å². The van der Waals surface area contributed by atoms with Crippen LogP contribution in [0.15, 0.2) is 36.4 Å². The number of ether oxygens (including phenoxy) is 2. The number of fused-ring (bicyclic) bond motifs is 1. The van der Waals surface area contributed by atoms with Gasteiger partial charge in [-0.1, -0.05) is 29.3 Å². The van der Waals surface area contributed by atoms with Crippen molar-refractivity contribution < 1.29 is 22.7 Å². The molecule has 1 heterocycles. The Morgan fingerprint density at radius 2 is 1.86 bits per heavy atom. The Kier molecular flexibility index (Phi) is 6.07. The summed E-state index contributed by atoms with van der Waals surface area (Å²) >= 11 is 12.0. The molecular weight excluding hydrogens is 425 g/mol. The molecule has 0 aliphatic carbocycles. The molecule has 9 heteroatoms. The van der Waals surface area contributed by atoms with Gasteiger partial charge in [0.1, 0.15) is 13.2 Å². The van der Waals surface area contributed by atoms with Crippen LogP contribution in [0.5, 0.6) is 5.75 Å². The minimum atomic E-state index is -3.37. The summed E-state index contributed by atoms with van der Waals surface area (Å²) in [6.45, 7) is 1.94. The van der Waals surface area contributed by atoms with E-state index in [0.29, 0.717) is 33.5 Å². The fourth-order valence-electron chi connectivity index (χ4n) is 3.22. The number of esters is 1. The standard InChI is InChI=1S/C19H19Cl2NO5S/c1-12-10-14-11-13(6-7-17(14)22(12)28(2,24)25)19(23)27-9-8-26-18-15(20)4-3-5-16(18)21/h3-7,11-12H,8-10H2,1-2H3. The second kappa shape index (κ2) is 8.19. The predicted octanol–water partition coefficient (Wildman–Crippen LogP) is 3.94. The topological polar surface area (TPSA) is 72.9 Å². The first-order valence-corrected chi connectivity index (χ1v) is 11.1. The molecule has 0 saturated heterocycles. The molecule has 1 aliphatic rings. The quantitative estimate of drug-likeness (QED) is 0.499. The largest absolute Gasteiger partial charge is 0.487 e. The van der Waals surface area contributed by atoms with E-state index >= 15 is 0 Å². The van der Waals surface area contributed by atoms with Crippen LogP contribution in [0, 0.1) is 0 Å². The van der Waals surface area contributed by atoms with Gasteiger partial charge in [-0.05, 0) is 49.2 Å². The zero-order valence-corrected chi connectivity index (χ0v) is 17.6. The predicted molar refractivity (Wildman–Crippen MR) is 109 cm³/mol. The molecule has 0 aromatic heterocycles. The molecule has 6 nitrogen and oxygen atoms in total. The van der Waals surface area contributed by atoms with Crippen LogP contribution in [0.1, 0.15) is 22.8 Å². The lowest BCUT2D eigenvalue weighted by molar-refractivity contribution is 0.0450. The minimum Gasteiger partial charge on any atom is -0.487 e. The Balaban J connectivity index is 1.61. The van der Waals surface area contributed by atoms with Gasteiger partial charge in [-0.25, -0.2) is 13.2 Å². The smallest absolute Gasteiger partial charge is 0.338 e. The number of carbonyl (C=O) groups is 1. The van der Waals surface area contributed by atoms with Crippen molar-refractivity contribution in [2.24, 2.45) is 0 Å². The number of rotatable bonds is 6. The first-order chi connectivity index (χ1) is 13.2. The number of benzene rings is 2. The number of sulfonamides is 1. The van der Waals surface area contributed by atoms with Crippen molar-refractivity contribution in [1.29, 1.82) is 0 Å². The van der Waals surface area contributed by atoms with Crippen LogP contribution in [-0.2, 0) is 21.2 Å². The molecule has 1 atom stereocenters. The second-order valence-corrected chi connectivity index (χ2v) is 9.16. The summed E-state index contributed by atoms with van der Waals surface area (Å²) in [6, 6.07) is 9.69. The number of para-hydroxylation sites is 1. The van der Waals surface area contributed by atoms with Crippen LogP contribution in [0.3, 0.4) is 0 Å². The highest BCUT2D eigenvalue weighted by molar-refractivity contribution is 7.92. The SMILES string of the molecule is CC1Cc2cc(C(=O)OCCOc3c(Cl)cccc3Cl)ccc2N1S(C)(=O)=O. The summed E-state index contributed by atoms with van der Waals surface area (Å²) in [5.41, 5.74) is 1.76. The third-order valence-electron chi connectivity index (χ3n) is 4.31. The molecule has 150 valence electrons. The van der Waals surface area contributed by atoms with Crippen molar-refractivity contribution in [3.63, 3.8) is 0 Å². The van der Waals surface area contributed by atoms with Crippen LogP contribution in [0.25, 0.3) is 0 Å². The summed E-state index contributed by atoms with van der Waals surface area (Å²) in [6.07, 6.45) is 1.71. The molecule has 0 bridgehead atoms. The third kappa shape index (κ3) is 4.37. The van der Waals surface area contributed by atoms with Crippen LogP contribution in [-0.4, -0.2) is 39.9 Å². The molecule has 28 heavy (non-hydrogen) atoms. The Morgan fingerprint density at radius 3 is 2.50 bits per heavy atom. The summed E-state index contributed by atoms with van der Waals surface area (Å²) in [7, 11) is -3.37. The summed E-state index contributed by atoms with van der Waals surface area (Å²) < 4.78 is 36.0. The van der Waals surface area contributed by atoms with Gasteiger partial charge in [0.05, 0.1) is 27.6 Å². The molecule has 1 unspecified atom stereocenters. The van der Waals surface area contributed by atoms with E-state index in [2.05, 4.69) is 0 Å². The minimum absolute atomic E-state index is 0.0172. The average molecular weight is 444 g/mol. The number of nitrogens with zero attached hydrogens (tertiary/aromatic N) is 1. The second-order valence-electron chi connectivity index (χ2n) is 6.49. The zero-order chi connectivity index (χ0) is 20.5. The monoisotopic (exact) mass is 443 g/mol. The van der Waals surface area contributed by atoms with Gasteiger partial charge in [0, 0.05) is 6.04 Å². The fraction of sp³-hybridized carbons (Fsp3) is 0.316. The molecule has 0 spiro atoms. The van der Waals surface area contributed by atoms with Crippen molar-refractivity contribution >= 4 is 44.9 Å². The molecule has 2 aromatic carbocycles. The van der Waals surface area contributed by atoms with Gasteiger partial charge in [-0.15, -0.1) is 0 Å². The third-order valence-corrected chi connectivity index (χ3v) is 6.17. The zero-order valence-electron chi connectivity index (χ0n) is 15.3. The first kappa shape index (κ1) is 20.8. The van der Waals surface area contributed by atoms with Crippen molar-refractivity contribution in [3.8, 4) is 5.75 Å². The highest BCUT2D eigenvalue weighted by Gasteiger charge is 2.32. The van der Waals surface area contributed by atoms with Gasteiger partial charge in [-0.2, -0.15) is 0 Å². The number of anilines is 1. The van der Waals surface area contributed by atoms with Gasteiger partial charge in [0.2, 0.25) is 10.0 Å². The number of hydrogen-bond donors (Lipinski definition) is 0. The highest BCUT2D eigenvalue weighted by Crippen LogP contribution is 2.35. The summed E-state index contributed by atoms with van der Waals surface area (Å²) in [4.78, 5) is 12.3. The van der Waals surface area contributed by atoms with Gasteiger partial charge < -0.3 is 9.47 Å². The normalized spacial score (nSPS) is 16.0. The van der Waals surface area contributed by atoms with Gasteiger partial charge >= 0.3 is 5.97 Å². The van der Waals surface area contributed by atoms with Crippen LogP contribution in [0.4, 0.5) is 5.69 Å². The Hall–Kier alpha value is -1.96. The molecule has 0 saturated carbocycles. The van der Waals surface area contributed by atoms with E-state index < -0.39 is 16.0 Å². The maximum absolute atomic E-state index is 12.3. The lowest BCUT2D eigenvalue weighted by Crippen LogP contribution is -2.34. The number of carbonyl (C=O) groups excluding carboxylic acids is 1. The van der Waals surface area contributed by atoms with E-state index in [4.69, 9.17) is 32.7 Å². The van der Waals surface area contributed by atoms with Gasteiger partial charge in [0.15, 0.2) is 5.75 Å². The molecule has 2 aromatic rings. The molecular formula is C19H19Cl2NO5S. The molecule has 3 rings (SSSR count). The van der Waals surface area contributed by atoms with E-state index in [1.165, 1.54) is 10.6 Å². The lowest BCUT2D eigenvalue weighted by atomic mass is 10.1. The summed E-state index contributed by atoms with van der Waals surface area (Å²) in [5, 5.41) is 0.754. The van der Waals surface area contributed by atoms with E-state index in [1.807, 2.05) is 6.92 Å². The van der Waals surface area contributed by atoms with Gasteiger partial charge in [0.25, 0.3) is 0 Å². The first-order valence-electron chi connectivity index (χ1n) is 8.54. The van der Waals surface area contributed by atoms with Gasteiger partial charge in [-0.3, -0.25) is 4.31 Å². The van der Waals surface area contributed by atoms with E-state index in [0.717, 1.165) is 5.56 Å². The fourth-order valence-corrected chi connectivity index (χ4v) is 4.99. The Morgan fingerprint density at radius 1 is 1.18 bits per heavy atom. The van der Waals surface area contributed by atoms with Crippen molar-refractivity contribution in [1.82, 2.24) is 0 Å². The highest BCUT2D eigenvalue weighted by atomic mass is 35.5. The van der Waals surface area contributed by atoms with E-state index in [-0.39, 0.29) is 19.3 Å². The Bertz CT molecular complexity index is 989. The van der Waals surface area contributed by atoms with E-state index in [9.17, 15) is 13.2 Å². The average Bonchev–Trinajstić information content (AvgIpc) is 2.95. The van der Waals surface area contributed by atoms with E-state index in [1.54, 1.807) is 36.4 Å². The maximum Gasteiger partial charge on any atom is 0.338 e. The van der Waals surface area contributed by atoms with Crippen LogP contribution >= 0.6 is 23.2 Å². The molecule has 0 amide bonds. The van der Waals surface area contributed by atoms with Crippen molar-refractivity contribution in [2.45, 2.75) is 19.4 Å². The van der Waals surface area contributed by atoms with Crippen molar-refractivity contribution in [3.05, 3.63) is 57.6 Å². The number of hydrogen-bond acceptors (Lipinski definition) is 5. The molecule has 0 N–H and O–H groups in total.